The number of nitro groups is 1. The second-order valence-corrected chi connectivity index (χ2v) is 7.75. The molecule has 11 nitrogen and oxygen atoms in total. The van der Waals surface area contributed by atoms with Crippen LogP contribution in [0, 0.1) is 10.1 Å². The third-order valence-corrected chi connectivity index (χ3v) is 5.59. The molecule has 0 bridgehead atoms. The smallest absolute Gasteiger partial charge is 0.269 e. The Balaban J connectivity index is 1.63. The first kappa shape index (κ1) is 21.9. The summed E-state index contributed by atoms with van der Waals surface area (Å²) in [5, 5.41) is 22.1. The molecule has 0 saturated carbocycles. The van der Waals surface area contributed by atoms with Gasteiger partial charge in [0, 0.05) is 17.8 Å². The van der Waals surface area contributed by atoms with Crippen LogP contribution in [0.2, 0.25) is 0 Å². The van der Waals surface area contributed by atoms with Gasteiger partial charge < -0.3 is 19.8 Å². The number of nitro benzene ring substituents is 1. The fourth-order valence-electron chi connectivity index (χ4n) is 4.01. The molecule has 5 rings (SSSR count). The first-order chi connectivity index (χ1) is 17.0. The number of para-hydroxylation sites is 2. The Kier molecular flexibility index (Phi) is 5.49. The number of amides is 1. The zero-order chi connectivity index (χ0) is 24.5. The van der Waals surface area contributed by atoms with Gasteiger partial charge in [0.15, 0.2) is 5.76 Å². The molecule has 0 radical (unpaired) electrons. The van der Waals surface area contributed by atoms with E-state index < -0.39 is 16.9 Å². The molecule has 1 aliphatic heterocycles. The lowest BCUT2D eigenvalue weighted by molar-refractivity contribution is -0.384. The summed E-state index contributed by atoms with van der Waals surface area (Å²) in [6, 6.07) is 15.8. The van der Waals surface area contributed by atoms with Gasteiger partial charge in [-0.2, -0.15) is 4.98 Å². The first-order valence-corrected chi connectivity index (χ1v) is 10.6. The molecule has 2 aromatic heterocycles. The number of nitrogens with one attached hydrogen (secondary N) is 2. The van der Waals surface area contributed by atoms with Crippen molar-refractivity contribution in [3.8, 4) is 17.3 Å². The molecule has 0 saturated heterocycles. The van der Waals surface area contributed by atoms with Crippen molar-refractivity contribution in [2.24, 2.45) is 0 Å². The quantitative estimate of drug-likeness (QED) is 0.311. The van der Waals surface area contributed by atoms with Gasteiger partial charge >= 0.3 is 0 Å². The molecule has 2 aromatic carbocycles. The van der Waals surface area contributed by atoms with Gasteiger partial charge in [-0.1, -0.05) is 24.3 Å². The lowest BCUT2D eigenvalue weighted by Crippen LogP contribution is -2.31. The molecule has 11 heteroatoms. The summed E-state index contributed by atoms with van der Waals surface area (Å²) in [5.74, 6) is 1.21. The number of aromatic nitrogens is 3. The van der Waals surface area contributed by atoms with E-state index in [0.717, 1.165) is 0 Å². The highest BCUT2D eigenvalue weighted by Crippen LogP contribution is 2.38. The Labute approximate surface area is 199 Å². The van der Waals surface area contributed by atoms with Crippen LogP contribution in [0.15, 0.2) is 82.6 Å². The monoisotopic (exact) mass is 472 g/mol. The van der Waals surface area contributed by atoms with E-state index in [1.54, 1.807) is 55.5 Å². The van der Waals surface area contributed by atoms with Crippen LogP contribution in [0.25, 0.3) is 11.6 Å². The predicted molar refractivity (Wildman–Crippen MR) is 127 cm³/mol. The number of hydrogen-bond acceptors (Lipinski definition) is 8. The zero-order valence-electron chi connectivity index (χ0n) is 18.8. The fraction of sp³-hybridized carbons (Fsp3) is 0.125. The average molecular weight is 472 g/mol. The maximum Gasteiger partial charge on any atom is 0.269 e. The third-order valence-electron chi connectivity index (χ3n) is 5.59. The SMILES string of the molecule is COc1ccccc1NC(=O)C1=C(C)Nc2nc(-c3ccco3)nn2C1c1cccc([N+](=O)[O-])c1. The Morgan fingerprint density at radius 1 is 1.20 bits per heavy atom. The molecular weight excluding hydrogens is 452 g/mol. The highest BCUT2D eigenvalue weighted by molar-refractivity contribution is 6.06. The van der Waals surface area contributed by atoms with E-state index in [0.29, 0.717) is 45.8 Å². The van der Waals surface area contributed by atoms with Crippen molar-refractivity contribution in [3.63, 3.8) is 0 Å². The minimum absolute atomic E-state index is 0.101. The molecule has 1 amide bonds. The summed E-state index contributed by atoms with van der Waals surface area (Å²) in [5.41, 5.74) is 1.73. The number of carbonyl (C=O) groups is 1. The largest absolute Gasteiger partial charge is 0.495 e. The zero-order valence-corrected chi connectivity index (χ0v) is 18.8. The van der Waals surface area contributed by atoms with Crippen molar-refractivity contribution in [1.82, 2.24) is 14.8 Å². The number of furan rings is 1. The summed E-state index contributed by atoms with van der Waals surface area (Å²) in [4.78, 5) is 29.1. The van der Waals surface area contributed by atoms with Crippen LogP contribution in [0.1, 0.15) is 18.5 Å². The van der Waals surface area contributed by atoms with Crippen molar-refractivity contribution in [2.75, 3.05) is 17.7 Å². The molecule has 1 unspecified atom stereocenters. The molecule has 4 aromatic rings. The van der Waals surface area contributed by atoms with Crippen LogP contribution in [-0.4, -0.2) is 32.7 Å². The number of non-ortho nitro benzene ring substituents is 1. The van der Waals surface area contributed by atoms with E-state index in [-0.39, 0.29) is 5.69 Å². The molecular formula is C24H20N6O5. The number of carbonyl (C=O) groups excluding carboxylic acids is 1. The summed E-state index contributed by atoms with van der Waals surface area (Å²) in [6.45, 7) is 1.74. The van der Waals surface area contributed by atoms with Crippen molar-refractivity contribution in [2.45, 2.75) is 13.0 Å². The lowest BCUT2D eigenvalue weighted by atomic mass is 9.94. The normalized spacial score (nSPS) is 14.7. The number of fused-ring (bicyclic) bond motifs is 1. The van der Waals surface area contributed by atoms with Gasteiger partial charge in [-0.3, -0.25) is 14.9 Å². The van der Waals surface area contributed by atoms with Crippen LogP contribution in [0.5, 0.6) is 5.75 Å². The Morgan fingerprint density at radius 2 is 2.03 bits per heavy atom. The summed E-state index contributed by atoms with van der Waals surface area (Å²) in [6.07, 6.45) is 1.51. The highest BCUT2D eigenvalue weighted by atomic mass is 16.6. The molecule has 2 N–H and O–H groups in total. The number of ether oxygens (including phenoxy) is 1. The van der Waals surface area contributed by atoms with E-state index in [9.17, 15) is 14.9 Å². The van der Waals surface area contributed by atoms with Gasteiger partial charge in [-0.15, -0.1) is 5.10 Å². The van der Waals surface area contributed by atoms with Crippen LogP contribution >= 0.6 is 0 Å². The number of allylic oxidation sites excluding steroid dienone is 1. The van der Waals surface area contributed by atoms with E-state index >= 15 is 0 Å². The summed E-state index contributed by atoms with van der Waals surface area (Å²) >= 11 is 0. The number of nitrogens with zero attached hydrogens (tertiary/aromatic N) is 4. The lowest BCUT2D eigenvalue weighted by Gasteiger charge is -2.28. The van der Waals surface area contributed by atoms with Crippen molar-refractivity contribution in [1.29, 1.82) is 0 Å². The maximum atomic E-state index is 13.6. The molecule has 0 spiro atoms. The van der Waals surface area contributed by atoms with E-state index in [1.165, 1.54) is 30.2 Å². The van der Waals surface area contributed by atoms with E-state index in [1.807, 2.05) is 0 Å². The Morgan fingerprint density at radius 3 is 2.77 bits per heavy atom. The fourth-order valence-corrected chi connectivity index (χ4v) is 4.01. The Bertz CT molecular complexity index is 1460. The molecule has 3 heterocycles. The van der Waals surface area contributed by atoms with Crippen molar-refractivity contribution in [3.05, 3.63) is 93.9 Å². The molecule has 0 aliphatic carbocycles. The second kappa shape index (κ2) is 8.78. The molecule has 176 valence electrons. The number of benzene rings is 2. The molecule has 0 fully saturated rings. The first-order valence-electron chi connectivity index (χ1n) is 10.6. The number of anilines is 2. The van der Waals surface area contributed by atoms with Gasteiger partial charge in [-0.05, 0) is 36.8 Å². The van der Waals surface area contributed by atoms with Gasteiger partial charge in [0.05, 0.1) is 29.6 Å². The summed E-state index contributed by atoms with van der Waals surface area (Å²) < 4.78 is 12.3. The number of hydrogen-bond donors (Lipinski definition) is 2. The summed E-state index contributed by atoms with van der Waals surface area (Å²) in [7, 11) is 1.52. The average Bonchev–Trinajstić information content (AvgIpc) is 3.53. The molecule has 35 heavy (non-hydrogen) atoms. The standard InChI is InChI=1S/C24H20N6O5/c1-14-20(23(31)26-17-9-3-4-10-18(17)34-2)21(15-7-5-8-16(13-15)30(32)33)29-24(25-14)27-22(28-29)19-11-6-12-35-19/h3-13,21H,1-2H3,(H,26,31)(H,25,27,28). The third kappa shape index (κ3) is 3.99. The van der Waals surface area contributed by atoms with Gasteiger partial charge in [0.2, 0.25) is 11.8 Å². The van der Waals surface area contributed by atoms with Crippen molar-refractivity contribution < 1.29 is 18.9 Å². The number of rotatable bonds is 6. The predicted octanol–water partition coefficient (Wildman–Crippen LogP) is 4.38. The van der Waals surface area contributed by atoms with E-state index in [2.05, 4.69) is 20.7 Å². The maximum absolute atomic E-state index is 13.6. The van der Waals surface area contributed by atoms with Crippen LogP contribution in [0.4, 0.5) is 17.3 Å². The van der Waals surface area contributed by atoms with Crippen LogP contribution < -0.4 is 15.4 Å². The second-order valence-electron chi connectivity index (χ2n) is 7.75. The van der Waals surface area contributed by atoms with Crippen LogP contribution in [-0.2, 0) is 4.79 Å². The minimum Gasteiger partial charge on any atom is -0.495 e. The molecule has 1 atom stereocenters. The van der Waals surface area contributed by atoms with Crippen molar-refractivity contribution >= 4 is 23.2 Å². The topological polar surface area (TPSA) is 137 Å². The highest BCUT2D eigenvalue weighted by Gasteiger charge is 2.35. The molecule has 1 aliphatic rings. The van der Waals surface area contributed by atoms with Crippen LogP contribution in [0.3, 0.4) is 0 Å². The van der Waals surface area contributed by atoms with Gasteiger partial charge in [0.25, 0.3) is 11.6 Å². The van der Waals surface area contributed by atoms with Gasteiger partial charge in [0.1, 0.15) is 11.8 Å². The van der Waals surface area contributed by atoms with Gasteiger partial charge in [-0.25, -0.2) is 4.68 Å². The minimum atomic E-state index is -0.794. The Hall–Kier alpha value is -4.93. The van der Waals surface area contributed by atoms with E-state index in [4.69, 9.17) is 9.15 Å². The number of methoxy groups -OCH3 is 1.